The molecule has 6 rings (SSSR count). The summed E-state index contributed by atoms with van der Waals surface area (Å²) in [4.78, 5) is 28.0. The van der Waals surface area contributed by atoms with Crippen LogP contribution in [0.3, 0.4) is 0 Å². The Morgan fingerprint density at radius 2 is 1.71 bits per heavy atom. The lowest BCUT2D eigenvalue weighted by Crippen LogP contribution is -2.28. The summed E-state index contributed by atoms with van der Waals surface area (Å²) in [5.74, 6) is 0.942. The highest BCUT2D eigenvalue weighted by molar-refractivity contribution is 7.99. The van der Waals surface area contributed by atoms with Gasteiger partial charge in [0, 0.05) is 18.1 Å². The number of hydrogen-bond acceptors (Lipinski definition) is 10. The highest BCUT2D eigenvalue weighted by Gasteiger charge is 2.34. The summed E-state index contributed by atoms with van der Waals surface area (Å²) in [5, 5.41) is 20.2. The molecule has 1 aliphatic rings. The smallest absolute Gasteiger partial charge is 0.253 e. The molecule has 1 atom stereocenters. The third-order valence-electron chi connectivity index (χ3n) is 7.60. The summed E-state index contributed by atoms with van der Waals surface area (Å²) in [6, 6.07) is 21.9. The van der Waals surface area contributed by atoms with Gasteiger partial charge in [0.25, 0.3) is 11.8 Å². The van der Waals surface area contributed by atoms with E-state index >= 15 is 0 Å². The number of thioether (sulfide) groups is 1. The first-order valence-corrected chi connectivity index (χ1v) is 16.7. The van der Waals surface area contributed by atoms with Gasteiger partial charge in [0.15, 0.2) is 11.0 Å². The van der Waals surface area contributed by atoms with Crippen LogP contribution in [0.25, 0.3) is 5.69 Å². The standard InChI is InChI=1S/C34H31FN6O5S2/c1-44-24-15-22(16-25(17-24)45-2)33(43)36-19-31-37-38-34(40(31)27-7-4-5-8-29(27)46-3)48-20-32(42)41-28(21-10-12-23(35)13-11-21)18-26(39-41)30-9-6-14-47-30/h4-17,28H,18-20H2,1-3H3,(H,36,43)/t28-/m1/s1. The van der Waals surface area contributed by atoms with Crippen LogP contribution in [-0.4, -0.2) is 64.4 Å². The van der Waals surface area contributed by atoms with Gasteiger partial charge in [-0.1, -0.05) is 42.1 Å². The van der Waals surface area contributed by atoms with Crippen molar-refractivity contribution in [2.24, 2.45) is 5.10 Å². The second kappa shape index (κ2) is 14.7. The number of nitrogens with one attached hydrogen (secondary N) is 1. The van der Waals surface area contributed by atoms with Crippen molar-refractivity contribution >= 4 is 40.6 Å². The highest BCUT2D eigenvalue weighted by atomic mass is 32.2. The van der Waals surface area contributed by atoms with E-state index in [0.717, 1.165) is 16.2 Å². The van der Waals surface area contributed by atoms with Crippen molar-refractivity contribution in [3.63, 3.8) is 0 Å². The van der Waals surface area contributed by atoms with Crippen LogP contribution in [0, 0.1) is 5.82 Å². The molecule has 3 aromatic carbocycles. The van der Waals surface area contributed by atoms with Gasteiger partial charge in [-0.3, -0.25) is 14.2 Å². The van der Waals surface area contributed by atoms with E-state index in [9.17, 15) is 14.0 Å². The van der Waals surface area contributed by atoms with E-state index in [1.165, 1.54) is 43.1 Å². The third kappa shape index (κ3) is 7.04. The second-order valence-corrected chi connectivity index (χ2v) is 12.4. The number of hydrogen-bond donors (Lipinski definition) is 1. The average molecular weight is 687 g/mol. The number of aromatic nitrogens is 3. The number of benzene rings is 3. The number of thiophene rings is 1. The fourth-order valence-electron chi connectivity index (χ4n) is 5.23. The number of amides is 2. The number of halogens is 1. The van der Waals surface area contributed by atoms with Gasteiger partial charge in [0.05, 0.1) is 55.9 Å². The summed E-state index contributed by atoms with van der Waals surface area (Å²) in [6.45, 7) is 0.0190. The van der Waals surface area contributed by atoms with Gasteiger partial charge in [0.2, 0.25) is 0 Å². The number of rotatable bonds is 12. The average Bonchev–Trinajstić information content (AvgIpc) is 3.90. The fraction of sp³-hybridized carbons (Fsp3) is 0.206. The zero-order chi connectivity index (χ0) is 33.6. The van der Waals surface area contributed by atoms with Crippen LogP contribution >= 0.6 is 23.1 Å². The molecule has 0 saturated carbocycles. The minimum absolute atomic E-state index is 0.0117. The number of ether oxygens (including phenoxy) is 3. The van der Waals surface area contributed by atoms with Gasteiger partial charge in [0.1, 0.15) is 23.1 Å². The second-order valence-electron chi connectivity index (χ2n) is 10.5. The molecule has 0 fully saturated rings. The molecule has 5 aromatic rings. The molecular formula is C34H31FN6O5S2. The predicted molar refractivity (Wildman–Crippen MR) is 181 cm³/mol. The maximum atomic E-state index is 13.8. The largest absolute Gasteiger partial charge is 0.497 e. The summed E-state index contributed by atoms with van der Waals surface area (Å²) in [5.41, 5.74) is 2.56. The lowest BCUT2D eigenvalue weighted by molar-refractivity contribution is -0.130. The minimum Gasteiger partial charge on any atom is -0.497 e. The normalized spacial score (nSPS) is 14.0. The SMILES string of the molecule is COc1cc(OC)cc(C(=O)NCc2nnc(SCC(=O)N3N=C(c4cccs4)C[C@@H]3c3ccc(F)cc3)n2-c2ccccc2OC)c1. The number of carbonyl (C=O) groups is 2. The van der Waals surface area contributed by atoms with Crippen molar-refractivity contribution in [3.8, 4) is 22.9 Å². The van der Waals surface area contributed by atoms with E-state index in [4.69, 9.17) is 19.3 Å². The van der Waals surface area contributed by atoms with Gasteiger partial charge in [-0.05, 0) is 53.4 Å². The molecule has 1 N–H and O–H groups in total. The van der Waals surface area contributed by atoms with Gasteiger partial charge < -0.3 is 19.5 Å². The van der Waals surface area contributed by atoms with Gasteiger partial charge in [-0.2, -0.15) is 5.10 Å². The van der Waals surface area contributed by atoms with Crippen LogP contribution in [0.5, 0.6) is 17.2 Å². The Kier molecular flexibility index (Phi) is 10.0. The molecule has 2 amide bonds. The van der Waals surface area contributed by atoms with Crippen molar-refractivity contribution in [1.82, 2.24) is 25.1 Å². The van der Waals surface area contributed by atoms with Crippen molar-refractivity contribution in [1.29, 1.82) is 0 Å². The van der Waals surface area contributed by atoms with E-state index in [1.807, 2.05) is 35.7 Å². The van der Waals surface area contributed by atoms with Crippen molar-refractivity contribution in [2.45, 2.75) is 24.2 Å². The lowest BCUT2D eigenvalue weighted by atomic mass is 10.0. The molecule has 3 heterocycles. The Morgan fingerprint density at radius 1 is 0.958 bits per heavy atom. The molecule has 14 heteroatoms. The molecule has 0 radical (unpaired) electrons. The van der Waals surface area contributed by atoms with Crippen LogP contribution in [0.2, 0.25) is 0 Å². The zero-order valence-corrected chi connectivity index (χ0v) is 27.9. The molecule has 0 spiro atoms. The van der Waals surface area contributed by atoms with Crippen LogP contribution < -0.4 is 19.5 Å². The first kappa shape index (κ1) is 32.7. The van der Waals surface area contributed by atoms with Gasteiger partial charge >= 0.3 is 0 Å². The molecule has 1 aliphatic heterocycles. The lowest BCUT2D eigenvalue weighted by Gasteiger charge is -2.22. The number of methoxy groups -OCH3 is 3. The number of nitrogens with zero attached hydrogens (tertiary/aromatic N) is 5. The Morgan fingerprint density at radius 3 is 2.40 bits per heavy atom. The summed E-state index contributed by atoms with van der Waals surface area (Å²) >= 11 is 2.73. The quantitative estimate of drug-likeness (QED) is 0.161. The molecular weight excluding hydrogens is 656 g/mol. The number of para-hydroxylation sites is 2. The highest BCUT2D eigenvalue weighted by Crippen LogP contribution is 2.35. The minimum atomic E-state index is -0.385. The van der Waals surface area contributed by atoms with Crippen LogP contribution in [0.15, 0.2) is 94.5 Å². The summed E-state index contributed by atoms with van der Waals surface area (Å²) < 4.78 is 31.7. The Hall–Kier alpha value is -5.21. The summed E-state index contributed by atoms with van der Waals surface area (Å²) in [7, 11) is 4.58. The van der Waals surface area contributed by atoms with Crippen molar-refractivity contribution in [3.05, 3.63) is 112 Å². The summed E-state index contributed by atoms with van der Waals surface area (Å²) in [6.07, 6.45) is 0.503. The molecule has 0 bridgehead atoms. The predicted octanol–water partition coefficient (Wildman–Crippen LogP) is 5.89. The molecule has 0 saturated heterocycles. The Bertz CT molecular complexity index is 1930. The van der Waals surface area contributed by atoms with E-state index < -0.39 is 0 Å². The third-order valence-corrected chi connectivity index (χ3v) is 9.43. The van der Waals surface area contributed by atoms with Crippen molar-refractivity contribution in [2.75, 3.05) is 27.1 Å². The van der Waals surface area contributed by atoms with Crippen LogP contribution in [0.1, 0.15) is 39.1 Å². The molecule has 0 aliphatic carbocycles. The fourth-order valence-corrected chi connectivity index (χ4v) is 6.77. The maximum absolute atomic E-state index is 13.8. The first-order chi connectivity index (χ1) is 23.4. The molecule has 11 nitrogen and oxygen atoms in total. The molecule has 246 valence electrons. The zero-order valence-electron chi connectivity index (χ0n) is 26.3. The van der Waals surface area contributed by atoms with Gasteiger partial charge in [-0.15, -0.1) is 21.5 Å². The van der Waals surface area contributed by atoms with E-state index in [1.54, 1.807) is 59.4 Å². The van der Waals surface area contributed by atoms with E-state index in [-0.39, 0.29) is 36.0 Å². The maximum Gasteiger partial charge on any atom is 0.253 e. The van der Waals surface area contributed by atoms with E-state index in [0.29, 0.717) is 45.9 Å². The molecule has 48 heavy (non-hydrogen) atoms. The van der Waals surface area contributed by atoms with Crippen LogP contribution in [-0.2, 0) is 11.3 Å². The Balaban J connectivity index is 1.25. The molecule has 0 unspecified atom stereocenters. The van der Waals surface area contributed by atoms with Crippen LogP contribution in [0.4, 0.5) is 4.39 Å². The number of carbonyl (C=O) groups excluding carboxylic acids is 2. The topological polar surface area (TPSA) is 120 Å². The monoisotopic (exact) mass is 686 g/mol. The molecule has 2 aromatic heterocycles. The van der Waals surface area contributed by atoms with Crippen molar-refractivity contribution < 1.29 is 28.2 Å². The Labute approximate surface area is 284 Å². The first-order valence-electron chi connectivity index (χ1n) is 14.8. The van der Waals surface area contributed by atoms with E-state index in [2.05, 4.69) is 15.5 Å². The van der Waals surface area contributed by atoms with Gasteiger partial charge in [-0.25, -0.2) is 9.40 Å². The number of hydrazone groups is 1.